The first kappa shape index (κ1) is 17.9. The van der Waals surface area contributed by atoms with Crippen molar-refractivity contribution in [3.05, 3.63) is 41.2 Å². The molecule has 1 aromatic heterocycles. The summed E-state index contributed by atoms with van der Waals surface area (Å²) in [4.78, 5) is 12.2. The second-order valence-corrected chi connectivity index (χ2v) is 7.97. The quantitative estimate of drug-likeness (QED) is 0.850. The summed E-state index contributed by atoms with van der Waals surface area (Å²) in [5.74, 6) is 1.26. The van der Waals surface area contributed by atoms with Gasteiger partial charge in [-0.3, -0.25) is 9.48 Å². The molecule has 0 unspecified atom stereocenters. The molecule has 144 valence electrons. The van der Waals surface area contributed by atoms with E-state index in [4.69, 9.17) is 9.47 Å². The van der Waals surface area contributed by atoms with Crippen LogP contribution in [0, 0.1) is 0 Å². The van der Waals surface area contributed by atoms with Gasteiger partial charge in [0, 0.05) is 24.2 Å². The summed E-state index contributed by atoms with van der Waals surface area (Å²) in [7, 11) is 0. The molecule has 1 N–H and O–H groups in total. The normalized spacial score (nSPS) is 17.0. The number of nitrogens with one attached hydrogen (secondary N) is 1. The average Bonchev–Trinajstić information content (AvgIpc) is 3.19. The maximum absolute atomic E-state index is 12.2. The first-order chi connectivity index (χ1) is 13.0. The Balaban J connectivity index is 1.27. The van der Waals surface area contributed by atoms with Crippen molar-refractivity contribution >= 4 is 5.91 Å². The molecular weight excluding hydrogens is 342 g/mol. The number of carbonyl (C=O) groups excluding carboxylic acids is 1. The lowest BCUT2D eigenvalue weighted by molar-refractivity contribution is -0.123. The summed E-state index contributed by atoms with van der Waals surface area (Å²) >= 11 is 0. The third kappa shape index (κ3) is 3.94. The van der Waals surface area contributed by atoms with Crippen molar-refractivity contribution in [2.75, 3.05) is 13.2 Å². The number of amides is 1. The van der Waals surface area contributed by atoms with Crippen LogP contribution in [0.15, 0.2) is 24.4 Å². The van der Waals surface area contributed by atoms with Crippen LogP contribution in [0.4, 0.5) is 0 Å². The molecule has 4 rings (SSSR count). The van der Waals surface area contributed by atoms with E-state index in [2.05, 4.69) is 24.3 Å². The van der Waals surface area contributed by atoms with Gasteiger partial charge in [-0.2, -0.15) is 5.10 Å². The highest BCUT2D eigenvalue weighted by Crippen LogP contribution is 2.41. The molecule has 0 spiro atoms. The number of fused-ring (bicyclic) bond motifs is 2. The Morgan fingerprint density at radius 2 is 2.15 bits per heavy atom. The van der Waals surface area contributed by atoms with Crippen LogP contribution in [0.1, 0.15) is 43.5 Å². The Morgan fingerprint density at radius 1 is 1.30 bits per heavy atom. The second-order valence-electron chi connectivity index (χ2n) is 7.97. The van der Waals surface area contributed by atoms with E-state index in [1.807, 2.05) is 29.1 Å². The van der Waals surface area contributed by atoms with Crippen LogP contribution in [-0.4, -0.2) is 34.4 Å². The molecule has 0 radical (unpaired) electrons. The molecule has 0 fully saturated rings. The number of ether oxygens (including phenoxy) is 2. The number of hydrogen-bond acceptors (Lipinski definition) is 4. The number of benzene rings is 1. The Morgan fingerprint density at radius 3 is 3.04 bits per heavy atom. The molecule has 0 atom stereocenters. The van der Waals surface area contributed by atoms with Crippen LogP contribution in [0.25, 0.3) is 0 Å². The van der Waals surface area contributed by atoms with Crippen LogP contribution in [0.5, 0.6) is 11.5 Å². The summed E-state index contributed by atoms with van der Waals surface area (Å²) < 4.78 is 13.7. The zero-order valence-corrected chi connectivity index (χ0v) is 16.1. The minimum absolute atomic E-state index is 0.0164. The minimum Gasteiger partial charge on any atom is -0.483 e. The van der Waals surface area contributed by atoms with Crippen molar-refractivity contribution in [2.45, 2.75) is 58.1 Å². The van der Waals surface area contributed by atoms with Gasteiger partial charge < -0.3 is 14.8 Å². The number of para-hydroxylation sites is 1. The highest BCUT2D eigenvalue weighted by molar-refractivity contribution is 5.77. The van der Waals surface area contributed by atoms with Crippen molar-refractivity contribution in [3.8, 4) is 11.5 Å². The van der Waals surface area contributed by atoms with Gasteiger partial charge >= 0.3 is 0 Å². The summed E-state index contributed by atoms with van der Waals surface area (Å²) in [5, 5.41) is 7.38. The van der Waals surface area contributed by atoms with Gasteiger partial charge in [0.25, 0.3) is 5.91 Å². The monoisotopic (exact) mass is 369 g/mol. The van der Waals surface area contributed by atoms with Crippen molar-refractivity contribution in [3.63, 3.8) is 0 Å². The van der Waals surface area contributed by atoms with Crippen LogP contribution >= 0.6 is 0 Å². The van der Waals surface area contributed by atoms with E-state index in [0.29, 0.717) is 18.8 Å². The van der Waals surface area contributed by atoms with Crippen molar-refractivity contribution in [2.24, 2.45) is 0 Å². The zero-order chi connectivity index (χ0) is 18.9. The van der Waals surface area contributed by atoms with Gasteiger partial charge in [-0.15, -0.1) is 0 Å². The molecule has 6 nitrogen and oxygen atoms in total. The number of carbonyl (C=O) groups is 1. The Kier molecular flexibility index (Phi) is 4.81. The first-order valence-corrected chi connectivity index (χ1v) is 9.76. The van der Waals surface area contributed by atoms with Crippen LogP contribution in [0.3, 0.4) is 0 Å². The maximum atomic E-state index is 12.2. The van der Waals surface area contributed by atoms with Crippen LogP contribution in [0.2, 0.25) is 0 Å². The third-order valence-corrected chi connectivity index (χ3v) is 5.20. The lowest BCUT2D eigenvalue weighted by Gasteiger charge is -2.18. The minimum atomic E-state index is -0.229. The molecule has 1 amide bonds. The van der Waals surface area contributed by atoms with E-state index in [9.17, 15) is 4.79 Å². The fraction of sp³-hybridized carbons (Fsp3) is 0.524. The lowest BCUT2D eigenvalue weighted by atomic mass is 9.98. The van der Waals surface area contributed by atoms with Gasteiger partial charge in [0.2, 0.25) is 0 Å². The van der Waals surface area contributed by atoms with E-state index in [1.165, 1.54) is 24.1 Å². The topological polar surface area (TPSA) is 65.4 Å². The predicted octanol–water partition coefficient (Wildman–Crippen LogP) is 2.67. The Hall–Kier alpha value is -2.50. The Bertz CT molecular complexity index is 841. The molecule has 6 heteroatoms. The van der Waals surface area contributed by atoms with Crippen LogP contribution in [-0.2, 0) is 30.6 Å². The van der Waals surface area contributed by atoms with Crippen LogP contribution < -0.4 is 14.8 Å². The molecule has 0 saturated heterocycles. The average molecular weight is 369 g/mol. The van der Waals surface area contributed by atoms with Gasteiger partial charge in [0.05, 0.1) is 12.7 Å². The molecule has 0 bridgehead atoms. The van der Waals surface area contributed by atoms with E-state index in [0.717, 1.165) is 30.6 Å². The van der Waals surface area contributed by atoms with Crippen molar-refractivity contribution < 1.29 is 14.3 Å². The SMILES string of the molecule is CC1(C)Cc2cccc(OCC(=O)NCCn3ncc4c3CCCC4)c2O1. The van der Waals surface area contributed by atoms with E-state index in [1.54, 1.807) is 0 Å². The summed E-state index contributed by atoms with van der Waals surface area (Å²) in [6.07, 6.45) is 7.49. The number of aryl methyl sites for hydroxylation is 1. The largest absolute Gasteiger partial charge is 0.483 e. The van der Waals surface area contributed by atoms with Gasteiger partial charge in [-0.25, -0.2) is 0 Å². The number of rotatable bonds is 6. The predicted molar refractivity (Wildman–Crippen MR) is 102 cm³/mol. The van der Waals surface area contributed by atoms with Gasteiger partial charge in [0.1, 0.15) is 5.60 Å². The summed E-state index contributed by atoms with van der Waals surface area (Å²) in [5.41, 5.74) is 3.58. The molecule has 1 aliphatic heterocycles. The summed E-state index contributed by atoms with van der Waals surface area (Å²) in [6, 6.07) is 5.84. The third-order valence-electron chi connectivity index (χ3n) is 5.20. The van der Waals surface area contributed by atoms with E-state index in [-0.39, 0.29) is 18.1 Å². The second kappa shape index (κ2) is 7.25. The highest BCUT2D eigenvalue weighted by atomic mass is 16.5. The van der Waals surface area contributed by atoms with Gasteiger partial charge in [0.15, 0.2) is 18.1 Å². The molecule has 2 aromatic rings. The number of hydrogen-bond donors (Lipinski definition) is 1. The lowest BCUT2D eigenvalue weighted by Crippen LogP contribution is -2.32. The molecule has 27 heavy (non-hydrogen) atoms. The smallest absolute Gasteiger partial charge is 0.258 e. The maximum Gasteiger partial charge on any atom is 0.258 e. The first-order valence-electron chi connectivity index (χ1n) is 9.76. The van der Waals surface area contributed by atoms with E-state index >= 15 is 0 Å². The molecule has 1 aliphatic carbocycles. The number of aromatic nitrogens is 2. The number of nitrogens with zero attached hydrogens (tertiary/aromatic N) is 2. The fourth-order valence-corrected chi connectivity index (χ4v) is 3.94. The fourth-order valence-electron chi connectivity index (χ4n) is 3.94. The molecule has 0 saturated carbocycles. The molecule has 2 aliphatic rings. The van der Waals surface area contributed by atoms with Gasteiger partial charge in [-0.1, -0.05) is 12.1 Å². The van der Waals surface area contributed by atoms with E-state index < -0.39 is 0 Å². The molecule has 1 aromatic carbocycles. The van der Waals surface area contributed by atoms with Gasteiger partial charge in [-0.05, 0) is 51.2 Å². The van der Waals surface area contributed by atoms with Crippen molar-refractivity contribution in [1.82, 2.24) is 15.1 Å². The van der Waals surface area contributed by atoms with Crippen molar-refractivity contribution in [1.29, 1.82) is 0 Å². The summed E-state index contributed by atoms with van der Waals surface area (Å²) in [6.45, 7) is 5.33. The highest BCUT2D eigenvalue weighted by Gasteiger charge is 2.32. The Labute approximate surface area is 159 Å². The standard InChI is InChI=1S/C21H27N3O3/c1-21(2)12-15-7-5-9-18(20(15)27-21)26-14-19(25)22-10-11-24-17-8-4-3-6-16(17)13-23-24/h5,7,9,13H,3-4,6,8,10-12,14H2,1-2H3,(H,22,25). The zero-order valence-electron chi connectivity index (χ0n) is 16.1. The molecule has 2 heterocycles. The molecular formula is C21H27N3O3.